The molecule has 1 atom stereocenters. The monoisotopic (exact) mass is 322 g/mol. The van der Waals surface area contributed by atoms with Crippen molar-refractivity contribution in [2.45, 2.75) is 25.9 Å². The quantitative estimate of drug-likeness (QED) is 0.918. The van der Waals surface area contributed by atoms with Crippen LogP contribution < -0.4 is 5.32 Å². The van der Waals surface area contributed by atoms with Crippen LogP contribution in [-0.4, -0.2) is 20.7 Å². The molecule has 100 valence electrons. The topological polar surface area (TPSA) is 59.8 Å². The molecular weight excluding hydrogens is 308 g/mol. The molecule has 1 N–H and O–H groups in total. The average molecular weight is 323 g/mol. The minimum Gasteiger partial charge on any atom is -0.350 e. The summed E-state index contributed by atoms with van der Waals surface area (Å²) in [4.78, 5) is 15.6. The molecule has 2 rings (SSSR count). The Kier molecular flexibility index (Phi) is 4.68. The number of aryl methyl sites for hydroxylation is 1. The lowest BCUT2D eigenvalue weighted by atomic mass is 10.1. The molecule has 0 aliphatic heterocycles. The van der Waals surface area contributed by atoms with Gasteiger partial charge in [0.2, 0.25) is 5.91 Å². The fourth-order valence-corrected chi connectivity index (χ4v) is 1.98. The molecule has 1 aromatic heterocycles. The Labute approximate surface area is 120 Å². The minimum atomic E-state index is -0.00338. The Balaban J connectivity index is 1.83. The zero-order chi connectivity index (χ0) is 13.7. The van der Waals surface area contributed by atoms with Crippen molar-refractivity contribution in [3.05, 3.63) is 47.0 Å². The van der Waals surface area contributed by atoms with E-state index >= 15 is 0 Å². The Morgan fingerprint density at radius 3 is 2.79 bits per heavy atom. The van der Waals surface area contributed by atoms with Gasteiger partial charge in [0.1, 0.15) is 12.7 Å². The van der Waals surface area contributed by atoms with E-state index in [1.807, 2.05) is 31.2 Å². The summed E-state index contributed by atoms with van der Waals surface area (Å²) >= 11 is 3.39. The number of nitrogens with zero attached hydrogens (tertiary/aromatic N) is 3. The van der Waals surface area contributed by atoms with Gasteiger partial charge >= 0.3 is 0 Å². The second-order valence-corrected chi connectivity index (χ2v) is 5.16. The van der Waals surface area contributed by atoms with Crippen LogP contribution in [0.25, 0.3) is 0 Å². The van der Waals surface area contributed by atoms with Gasteiger partial charge < -0.3 is 5.32 Å². The third kappa shape index (κ3) is 4.17. The second kappa shape index (κ2) is 6.47. The Bertz CT molecular complexity index is 524. The fourth-order valence-electron chi connectivity index (χ4n) is 1.71. The van der Waals surface area contributed by atoms with E-state index in [4.69, 9.17) is 0 Å². The van der Waals surface area contributed by atoms with Crippen molar-refractivity contribution < 1.29 is 4.79 Å². The van der Waals surface area contributed by atoms with Crippen LogP contribution in [0.3, 0.4) is 0 Å². The van der Waals surface area contributed by atoms with Crippen LogP contribution in [0.4, 0.5) is 0 Å². The summed E-state index contributed by atoms with van der Waals surface area (Å²) < 4.78 is 2.67. The van der Waals surface area contributed by atoms with E-state index in [0.29, 0.717) is 13.0 Å². The van der Waals surface area contributed by atoms with Crippen molar-refractivity contribution in [3.8, 4) is 0 Å². The lowest BCUT2D eigenvalue weighted by Crippen LogP contribution is -2.27. The average Bonchev–Trinajstić information content (AvgIpc) is 2.90. The highest BCUT2D eigenvalue weighted by Crippen LogP contribution is 2.16. The molecule has 0 saturated carbocycles. The number of aromatic nitrogens is 3. The number of hydrogen-bond donors (Lipinski definition) is 1. The van der Waals surface area contributed by atoms with Gasteiger partial charge in [0, 0.05) is 10.9 Å². The van der Waals surface area contributed by atoms with Crippen molar-refractivity contribution in [3.63, 3.8) is 0 Å². The molecule has 0 spiro atoms. The first-order chi connectivity index (χ1) is 9.15. The fraction of sp³-hybridized carbons (Fsp3) is 0.308. The van der Waals surface area contributed by atoms with Gasteiger partial charge in [-0.25, -0.2) is 4.98 Å². The van der Waals surface area contributed by atoms with Gasteiger partial charge in [-0.2, -0.15) is 5.10 Å². The maximum absolute atomic E-state index is 11.8. The molecule has 0 bridgehead atoms. The second-order valence-electron chi connectivity index (χ2n) is 4.25. The first-order valence-corrected chi connectivity index (χ1v) is 6.81. The van der Waals surface area contributed by atoms with Gasteiger partial charge in [-0.05, 0) is 24.6 Å². The van der Waals surface area contributed by atoms with E-state index in [9.17, 15) is 4.79 Å². The van der Waals surface area contributed by atoms with E-state index < -0.39 is 0 Å². The first-order valence-electron chi connectivity index (χ1n) is 6.02. The van der Waals surface area contributed by atoms with Gasteiger partial charge in [-0.15, -0.1) is 0 Å². The molecule has 1 unspecified atom stereocenters. The highest BCUT2D eigenvalue weighted by molar-refractivity contribution is 9.10. The van der Waals surface area contributed by atoms with Crippen LogP contribution in [0.5, 0.6) is 0 Å². The Morgan fingerprint density at radius 2 is 2.16 bits per heavy atom. The summed E-state index contributed by atoms with van der Waals surface area (Å²) in [5.74, 6) is 0.00548. The maximum Gasteiger partial charge on any atom is 0.222 e. The zero-order valence-electron chi connectivity index (χ0n) is 10.6. The molecule has 6 heteroatoms. The van der Waals surface area contributed by atoms with E-state index in [0.717, 1.165) is 10.0 Å². The molecule has 1 amide bonds. The van der Waals surface area contributed by atoms with Gasteiger partial charge in [0.25, 0.3) is 0 Å². The maximum atomic E-state index is 11.8. The predicted octanol–water partition coefficient (Wildman–Crippen LogP) is 2.31. The number of halogens is 1. The van der Waals surface area contributed by atoms with Crippen LogP contribution >= 0.6 is 15.9 Å². The molecule has 1 aromatic carbocycles. The van der Waals surface area contributed by atoms with Crippen LogP contribution in [0, 0.1) is 0 Å². The van der Waals surface area contributed by atoms with Gasteiger partial charge in [0.05, 0.1) is 12.6 Å². The van der Waals surface area contributed by atoms with Gasteiger partial charge in [-0.3, -0.25) is 9.48 Å². The summed E-state index contributed by atoms with van der Waals surface area (Å²) in [6.07, 6.45) is 3.46. The van der Waals surface area contributed by atoms with Crippen molar-refractivity contribution in [2.24, 2.45) is 0 Å². The van der Waals surface area contributed by atoms with E-state index in [-0.39, 0.29) is 11.9 Å². The third-order valence-electron chi connectivity index (χ3n) is 2.78. The summed E-state index contributed by atoms with van der Waals surface area (Å²) in [6, 6.07) is 7.91. The van der Waals surface area contributed by atoms with E-state index in [1.165, 1.54) is 6.33 Å². The van der Waals surface area contributed by atoms with Gasteiger partial charge in [0.15, 0.2) is 0 Å². The Hall–Kier alpha value is -1.69. The molecule has 19 heavy (non-hydrogen) atoms. The van der Waals surface area contributed by atoms with Crippen molar-refractivity contribution in [1.29, 1.82) is 0 Å². The Morgan fingerprint density at radius 1 is 1.42 bits per heavy atom. The number of nitrogens with one attached hydrogen (secondary N) is 1. The lowest BCUT2D eigenvalue weighted by molar-refractivity contribution is -0.122. The van der Waals surface area contributed by atoms with E-state index in [2.05, 4.69) is 31.3 Å². The molecule has 0 radical (unpaired) electrons. The third-order valence-corrected chi connectivity index (χ3v) is 3.31. The summed E-state index contributed by atoms with van der Waals surface area (Å²) in [7, 11) is 0. The van der Waals surface area contributed by atoms with Crippen LogP contribution in [0.1, 0.15) is 24.9 Å². The predicted molar refractivity (Wildman–Crippen MR) is 75.3 cm³/mol. The van der Waals surface area contributed by atoms with Crippen LogP contribution in [-0.2, 0) is 11.3 Å². The number of amides is 1. The summed E-state index contributed by atoms with van der Waals surface area (Å²) in [5, 5.41) is 6.92. The normalized spacial score (nSPS) is 12.1. The first kappa shape index (κ1) is 13.7. The largest absolute Gasteiger partial charge is 0.350 e. The molecule has 5 nitrogen and oxygen atoms in total. The van der Waals surface area contributed by atoms with Crippen molar-refractivity contribution >= 4 is 21.8 Å². The smallest absolute Gasteiger partial charge is 0.222 e. The van der Waals surface area contributed by atoms with Crippen LogP contribution in [0.2, 0.25) is 0 Å². The van der Waals surface area contributed by atoms with Crippen LogP contribution in [0.15, 0.2) is 41.4 Å². The number of benzene rings is 1. The number of carbonyl (C=O) groups excluding carboxylic acids is 1. The molecule has 2 aromatic rings. The van der Waals surface area contributed by atoms with E-state index in [1.54, 1.807) is 11.0 Å². The standard InChI is InChI=1S/C13H15BrN4O/c1-10(11-2-4-12(14)5-3-11)17-13(19)6-7-18-9-15-8-16-18/h2-5,8-10H,6-7H2,1H3,(H,17,19). The number of rotatable bonds is 5. The molecule has 0 fully saturated rings. The van der Waals surface area contributed by atoms with Gasteiger partial charge in [-0.1, -0.05) is 28.1 Å². The summed E-state index contributed by atoms with van der Waals surface area (Å²) in [5.41, 5.74) is 1.08. The molecular formula is C13H15BrN4O. The molecule has 1 heterocycles. The summed E-state index contributed by atoms with van der Waals surface area (Å²) in [6.45, 7) is 2.51. The number of carbonyl (C=O) groups is 1. The molecule has 0 saturated heterocycles. The van der Waals surface area contributed by atoms with Crippen molar-refractivity contribution in [2.75, 3.05) is 0 Å². The zero-order valence-corrected chi connectivity index (χ0v) is 12.2. The number of hydrogen-bond acceptors (Lipinski definition) is 3. The molecule has 0 aliphatic carbocycles. The van der Waals surface area contributed by atoms with Crippen molar-refractivity contribution in [1.82, 2.24) is 20.1 Å². The highest BCUT2D eigenvalue weighted by Gasteiger charge is 2.09. The SMILES string of the molecule is CC(NC(=O)CCn1cncn1)c1ccc(Br)cc1. The highest BCUT2D eigenvalue weighted by atomic mass is 79.9. The lowest BCUT2D eigenvalue weighted by Gasteiger charge is -2.14. The molecule has 0 aliphatic rings. The minimum absolute atomic E-state index is 0.00338.